The number of nitrogens with two attached hydrogens (primary N) is 1. The van der Waals surface area contributed by atoms with E-state index in [1.807, 2.05) is 12.1 Å². The number of piperidine rings is 1. The molecular weight excluding hydrogens is 391 g/mol. The molecule has 0 bridgehead atoms. The SMILES string of the molecule is N[C@]1(C(=O)O)CC(CCB(O)O)CC[C@H]1CN1CCC(c2ccc(Cl)cc2)CC1. The Bertz CT molecular complexity index is 682. The van der Waals surface area contributed by atoms with Crippen LogP contribution in [0.1, 0.15) is 50.0 Å². The molecule has 6 nitrogen and oxygen atoms in total. The van der Waals surface area contributed by atoms with Crippen LogP contribution in [0.4, 0.5) is 0 Å². The molecule has 0 aromatic heterocycles. The minimum Gasteiger partial charge on any atom is -0.480 e. The summed E-state index contributed by atoms with van der Waals surface area (Å²) in [6, 6.07) is 8.07. The molecule has 2 aliphatic rings. The average Bonchev–Trinajstić information content (AvgIpc) is 2.69. The first-order valence-electron chi connectivity index (χ1n) is 10.6. The van der Waals surface area contributed by atoms with E-state index in [1.165, 1.54) is 5.56 Å². The Morgan fingerprint density at radius 1 is 1.17 bits per heavy atom. The van der Waals surface area contributed by atoms with Gasteiger partial charge < -0.3 is 25.8 Å². The Morgan fingerprint density at radius 3 is 2.41 bits per heavy atom. The van der Waals surface area contributed by atoms with Gasteiger partial charge in [0, 0.05) is 17.5 Å². The third-order valence-electron chi connectivity index (χ3n) is 6.92. The van der Waals surface area contributed by atoms with Crippen molar-refractivity contribution in [1.29, 1.82) is 0 Å². The lowest BCUT2D eigenvalue weighted by atomic mass is 9.66. The van der Waals surface area contributed by atoms with Gasteiger partial charge in [-0.2, -0.15) is 0 Å². The highest BCUT2D eigenvalue weighted by Crippen LogP contribution is 2.39. The highest BCUT2D eigenvalue weighted by atomic mass is 35.5. The van der Waals surface area contributed by atoms with Gasteiger partial charge in [-0.15, -0.1) is 0 Å². The number of carboxylic acid groups (broad SMARTS) is 1. The Hall–Kier alpha value is -1.12. The Balaban J connectivity index is 1.55. The molecule has 0 amide bonds. The van der Waals surface area contributed by atoms with Crippen LogP contribution in [0.3, 0.4) is 0 Å². The zero-order valence-corrected chi connectivity index (χ0v) is 17.6. The summed E-state index contributed by atoms with van der Waals surface area (Å²) < 4.78 is 0. The minimum atomic E-state index is -1.34. The van der Waals surface area contributed by atoms with Crippen molar-refractivity contribution in [2.24, 2.45) is 17.6 Å². The van der Waals surface area contributed by atoms with E-state index in [0.29, 0.717) is 25.3 Å². The molecule has 0 spiro atoms. The van der Waals surface area contributed by atoms with Gasteiger partial charge in [-0.1, -0.05) is 30.2 Å². The van der Waals surface area contributed by atoms with E-state index in [4.69, 9.17) is 27.4 Å². The monoisotopic (exact) mass is 422 g/mol. The summed E-state index contributed by atoms with van der Waals surface area (Å²) in [5.41, 5.74) is 6.51. The fourth-order valence-electron chi connectivity index (χ4n) is 5.08. The Labute approximate surface area is 178 Å². The minimum absolute atomic E-state index is 0.0811. The summed E-state index contributed by atoms with van der Waals surface area (Å²) in [6.45, 7) is 2.60. The van der Waals surface area contributed by atoms with Crippen LogP contribution in [-0.2, 0) is 4.79 Å². The highest BCUT2D eigenvalue weighted by Gasteiger charge is 2.47. The maximum absolute atomic E-state index is 12.0. The van der Waals surface area contributed by atoms with Gasteiger partial charge in [0.15, 0.2) is 0 Å². The van der Waals surface area contributed by atoms with Crippen LogP contribution >= 0.6 is 11.6 Å². The molecule has 1 aliphatic heterocycles. The van der Waals surface area contributed by atoms with Crippen molar-refractivity contribution >= 4 is 24.7 Å². The van der Waals surface area contributed by atoms with Crippen molar-refractivity contribution in [3.8, 4) is 0 Å². The van der Waals surface area contributed by atoms with Gasteiger partial charge in [-0.25, -0.2) is 0 Å². The smallest absolute Gasteiger partial charge is 0.451 e. The number of rotatable bonds is 7. The second-order valence-corrected chi connectivity index (χ2v) is 9.31. The zero-order chi connectivity index (χ0) is 21.0. The molecule has 3 atom stereocenters. The van der Waals surface area contributed by atoms with Crippen LogP contribution in [0.2, 0.25) is 11.3 Å². The number of carbonyl (C=O) groups is 1. The van der Waals surface area contributed by atoms with Gasteiger partial charge >= 0.3 is 13.1 Å². The van der Waals surface area contributed by atoms with Crippen LogP contribution in [0, 0.1) is 11.8 Å². The van der Waals surface area contributed by atoms with E-state index in [2.05, 4.69) is 17.0 Å². The Morgan fingerprint density at radius 2 is 1.83 bits per heavy atom. The first kappa shape index (κ1) is 22.6. The number of likely N-dealkylation sites (tertiary alicyclic amines) is 1. The number of benzene rings is 1. The van der Waals surface area contributed by atoms with E-state index < -0.39 is 18.6 Å². The van der Waals surface area contributed by atoms with E-state index in [0.717, 1.165) is 43.8 Å². The van der Waals surface area contributed by atoms with E-state index in [9.17, 15) is 9.90 Å². The lowest BCUT2D eigenvalue weighted by Crippen LogP contribution is -2.60. The van der Waals surface area contributed by atoms with Gasteiger partial charge in [0.2, 0.25) is 0 Å². The lowest BCUT2D eigenvalue weighted by molar-refractivity contribution is -0.148. The zero-order valence-electron chi connectivity index (χ0n) is 16.8. The second-order valence-electron chi connectivity index (χ2n) is 8.87. The summed E-state index contributed by atoms with van der Waals surface area (Å²) >= 11 is 5.99. The molecular formula is C21H32BClN2O4. The molecule has 1 aromatic rings. The van der Waals surface area contributed by atoms with Crippen molar-refractivity contribution in [1.82, 2.24) is 4.90 Å². The summed E-state index contributed by atoms with van der Waals surface area (Å²) in [5.74, 6) is -0.369. The number of hydrogen-bond acceptors (Lipinski definition) is 5. The highest BCUT2D eigenvalue weighted by molar-refractivity contribution is 6.40. The molecule has 1 saturated carbocycles. The molecule has 8 heteroatoms. The van der Waals surface area contributed by atoms with Gasteiger partial charge in [0.1, 0.15) is 5.54 Å². The summed E-state index contributed by atoms with van der Waals surface area (Å²) in [6.07, 6.45) is 5.04. The third kappa shape index (κ3) is 5.73. The molecule has 29 heavy (non-hydrogen) atoms. The molecule has 0 radical (unpaired) electrons. The third-order valence-corrected chi connectivity index (χ3v) is 7.17. The second kappa shape index (κ2) is 9.79. The normalized spacial score (nSPS) is 29.0. The average molecular weight is 423 g/mol. The lowest BCUT2D eigenvalue weighted by Gasteiger charge is -2.44. The van der Waals surface area contributed by atoms with Crippen LogP contribution in [0.25, 0.3) is 0 Å². The first-order valence-corrected chi connectivity index (χ1v) is 11.0. The van der Waals surface area contributed by atoms with Crippen molar-refractivity contribution in [2.75, 3.05) is 19.6 Å². The molecule has 5 N–H and O–H groups in total. The molecule has 1 aromatic carbocycles. The molecule has 3 rings (SSSR count). The molecule has 1 unspecified atom stereocenters. The fourth-order valence-corrected chi connectivity index (χ4v) is 5.21. The predicted octanol–water partition coefficient (Wildman–Crippen LogP) is 2.58. The van der Waals surface area contributed by atoms with Crippen LogP contribution in [0.5, 0.6) is 0 Å². The summed E-state index contributed by atoms with van der Waals surface area (Å²) in [4.78, 5) is 14.4. The van der Waals surface area contributed by atoms with Crippen LogP contribution in [0.15, 0.2) is 24.3 Å². The number of carboxylic acids is 1. The van der Waals surface area contributed by atoms with E-state index >= 15 is 0 Å². The van der Waals surface area contributed by atoms with Gasteiger partial charge in [-0.05, 0) is 81.0 Å². The predicted molar refractivity (Wildman–Crippen MR) is 115 cm³/mol. The standard InChI is InChI=1S/C21H32BClN2O4/c23-19-5-2-16(3-6-19)17-8-11-25(12-9-17)14-18-4-1-15(7-10-22(28)29)13-21(18,24)20(26)27/h2-3,5-6,15,17-18,28-29H,1,4,7-14,24H2,(H,26,27)/t15?,18-,21+/m0/s1. The molecule has 2 fully saturated rings. The quantitative estimate of drug-likeness (QED) is 0.503. The van der Waals surface area contributed by atoms with E-state index in [-0.39, 0.29) is 18.2 Å². The maximum atomic E-state index is 12.0. The number of hydrogen-bond donors (Lipinski definition) is 4. The van der Waals surface area contributed by atoms with E-state index in [1.54, 1.807) is 0 Å². The number of halogens is 1. The number of aliphatic carboxylic acids is 1. The molecule has 1 aliphatic carbocycles. The van der Waals surface area contributed by atoms with Crippen LogP contribution in [-0.4, -0.2) is 58.3 Å². The maximum Gasteiger partial charge on any atom is 0.451 e. The fraction of sp³-hybridized carbons (Fsp3) is 0.667. The topological polar surface area (TPSA) is 107 Å². The van der Waals surface area contributed by atoms with Gasteiger partial charge in [-0.3, -0.25) is 4.79 Å². The van der Waals surface area contributed by atoms with Crippen molar-refractivity contribution in [3.05, 3.63) is 34.9 Å². The largest absolute Gasteiger partial charge is 0.480 e. The summed E-state index contributed by atoms with van der Waals surface area (Å²) in [5, 5.41) is 28.8. The van der Waals surface area contributed by atoms with Crippen molar-refractivity contribution in [3.63, 3.8) is 0 Å². The summed E-state index contributed by atoms with van der Waals surface area (Å²) in [7, 11) is -1.34. The van der Waals surface area contributed by atoms with Crippen molar-refractivity contribution in [2.45, 2.75) is 56.3 Å². The van der Waals surface area contributed by atoms with Gasteiger partial charge in [0.25, 0.3) is 0 Å². The van der Waals surface area contributed by atoms with Crippen molar-refractivity contribution < 1.29 is 19.9 Å². The Kier molecular flexibility index (Phi) is 7.62. The molecule has 1 heterocycles. The number of nitrogens with zero attached hydrogens (tertiary/aromatic N) is 1. The molecule has 160 valence electrons. The first-order chi connectivity index (χ1) is 13.8. The molecule has 1 saturated heterocycles. The van der Waals surface area contributed by atoms with Crippen LogP contribution < -0.4 is 5.73 Å². The van der Waals surface area contributed by atoms with Gasteiger partial charge in [0.05, 0.1) is 0 Å².